The molecule has 0 saturated carbocycles. The number of nitrogens with two attached hydrogens (primary N) is 1. The lowest BCUT2D eigenvalue weighted by molar-refractivity contribution is -0.137. The smallest absolute Gasteiger partial charge is 0.417 e. The van der Waals surface area contributed by atoms with E-state index in [-0.39, 0.29) is 16.2 Å². The second kappa shape index (κ2) is 10.2. The van der Waals surface area contributed by atoms with E-state index in [1.807, 2.05) is 0 Å². The standard InChI is InChI=1S/C23H19ClF3N3O3S/c1-32-18-11-19(33-2)17(10-16(18)24)30-22(34)29-13-8-6-12(7-9-13)14-4-3-5-15(21(28)31)20(14)23(25,26)27/h3-11H,1-2H3,(H2,28,31)(H2,29,30,34). The number of amides is 1. The summed E-state index contributed by atoms with van der Waals surface area (Å²) >= 11 is 11.5. The minimum atomic E-state index is -4.76. The van der Waals surface area contributed by atoms with Crippen molar-refractivity contribution in [3.8, 4) is 22.6 Å². The van der Waals surface area contributed by atoms with E-state index in [0.29, 0.717) is 27.9 Å². The number of ether oxygens (including phenoxy) is 2. The fourth-order valence-electron chi connectivity index (χ4n) is 3.28. The molecule has 0 aliphatic heterocycles. The molecule has 0 fully saturated rings. The molecule has 0 aromatic heterocycles. The SMILES string of the molecule is COc1cc(OC)c(NC(=S)Nc2ccc(-c3cccc(C(N)=O)c3C(F)(F)F)cc2)cc1Cl. The molecular formula is C23H19ClF3N3O3S. The molecule has 3 aromatic rings. The van der Waals surface area contributed by atoms with Gasteiger partial charge in [0.25, 0.3) is 0 Å². The Morgan fingerprint density at radius 2 is 1.65 bits per heavy atom. The summed E-state index contributed by atoms with van der Waals surface area (Å²) in [7, 11) is 2.96. The van der Waals surface area contributed by atoms with Crippen LogP contribution in [-0.2, 0) is 6.18 Å². The molecule has 0 spiro atoms. The van der Waals surface area contributed by atoms with Crippen molar-refractivity contribution in [3.05, 3.63) is 70.7 Å². The van der Waals surface area contributed by atoms with Crippen LogP contribution >= 0.6 is 23.8 Å². The molecule has 0 bridgehead atoms. The first kappa shape index (κ1) is 25.1. The lowest BCUT2D eigenvalue weighted by Gasteiger charge is -2.17. The zero-order valence-electron chi connectivity index (χ0n) is 17.9. The van der Waals surface area contributed by atoms with Gasteiger partial charge in [-0.05, 0) is 47.6 Å². The van der Waals surface area contributed by atoms with E-state index in [1.165, 1.54) is 38.5 Å². The summed E-state index contributed by atoms with van der Waals surface area (Å²) in [5.41, 5.74) is 4.57. The van der Waals surface area contributed by atoms with E-state index < -0.39 is 23.2 Å². The van der Waals surface area contributed by atoms with E-state index in [9.17, 15) is 18.0 Å². The first-order chi connectivity index (χ1) is 16.0. The van der Waals surface area contributed by atoms with Gasteiger partial charge >= 0.3 is 6.18 Å². The normalized spacial score (nSPS) is 11.0. The van der Waals surface area contributed by atoms with Gasteiger partial charge in [-0.1, -0.05) is 35.9 Å². The summed E-state index contributed by atoms with van der Waals surface area (Å²) in [6.07, 6.45) is -4.76. The summed E-state index contributed by atoms with van der Waals surface area (Å²) in [5.74, 6) is -0.287. The quantitative estimate of drug-likeness (QED) is 0.356. The molecule has 1 amide bonds. The highest BCUT2D eigenvalue weighted by atomic mass is 35.5. The minimum Gasteiger partial charge on any atom is -0.495 e. The Hall–Kier alpha value is -3.50. The van der Waals surface area contributed by atoms with Gasteiger partial charge in [0, 0.05) is 11.8 Å². The molecule has 0 aliphatic rings. The average molecular weight is 510 g/mol. The molecule has 3 rings (SSSR count). The molecule has 0 atom stereocenters. The molecule has 6 nitrogen and oxygen atoms in total. The van der Waals surface area contributed by atoms with Gasteiger partial charge < -0.3 is 25.8 Å². The summed E-state index contributed by atoms with van der Waals surface area (Å²) < 4.78 is 51.5. The highest BCUT2D eigenvalue weighted by molar-refractivity contribution is 7.80. The third-order valence-electron chi connectivity index (χ3n) is 4.79. The third kappa shape index (κ3) is 5.52. The van der Waals surface area contributed by atoms with E-state index in [1.54, 1.807) is 24.3 Å². The number of thiocarbonyl (C=S) groups is 1. The van der Waals surface area contributed by atoms with Crippen LogP contribution in [0.2, 0.25) is 5.02 Å². The number of anilines is 2. The minimum absolute atomic E-state index is 0.159. The summed E-state index contributed by atoms with van der Waals surface area (Å²) in [4.78, 5) is 11.5. The van der Waals surface area contributed by atoms with Gasteiger partial charge in [-0.3, -0.25) is 4.79 Å². The van der Waals surface area contributed by atoms with Crippen molar-refractivity contribution in [3.63, 3.8) is 0 Å². The zero-order chi connectivity index (χ0) is 25.0. The largest absolute Gasteiger partial charge is 0.495 e. The number of hydrogen-bond acceptors (Lipinski definition) is 4. The van der Waals surface area contributed by atoms with E-state index in [2.05, 4.69) is 10.6 Å². The molecule has 0 aliphatic carbocycles. The molecule has 0 heterocycles. The topological polar surface area (TPSA) is 85.6 Å². The number of carbonyl (C=O) groups excluding carboxylic acids is 1. The van der Waals surface area contributed by atoms with Gasteiger partial charge in [0.15, 0.2) is 5.11 Å². The van der Waals surface area contributed by atoms with Crippen LogP contribution in [-0.4, -0.2) is 25.2 Å². The monoisotopic (exact) mass is 509 g/mol. The second-order valence-corrected chi connectivity index (χ2v) is 7.75. The second-order valence-electron chi connectivity index (χ2n) is 6.93. The first-order valence-corrected chi connectivity index (χ1v) is 10.4. The van der Waals surface area contributed by atoms with Crippen molar-refractivity contribution in [2.75, 3.05) is 24.9 Å². The van der Waals surface area contributed by atoms with Crippen molar-refractivity contribution in [1.29, 1.82) is 0 Å². The Labute approximate surface area is 203 Å². The lowest BCUT2D eigenvalue weighted by atomic mass is 9.94. The van der Waals surface area contributed by atoms with Gasteiger partial charge in [0.1, 0.15) is 11.5 Å². The fourth-order valence-corrected chi connectivity index (χ4v) is 3.75. The fraction of sp³-hybridized carbons (Fsp3) is 0.130. The van der Waals surface area contributed by atoms with Crippen molar-refractivity contribution < 1.29 is 27.4 Å². The predicted octanol–water partition coefficient (Wildman–Crippen LogP) is 5.95. The number of nitrogens with one attached hydrogen (secondary N) is 2. The van der Waals surface area contributed by atoms with Gasteiger partial charge in [-0.25, -0.2) is 0 Å². The maximum Gasteiger partial charge on any atom is 0.417 e. The zero-order valence-corrected chi connectivity index (χ0v) is 19.5. The molecule has 11 heteroatoms. The summed E-state index contributed by atoms with van der Waals surface area (Å²) in [6, 6.07) is 12.9. The first-order valence-electron chi connectivity index (χ1n) is 9.65. The van der Waals surface area contributed by atoms with Crippen LogP contribution in [0, 0.1) is 0 Å². The number of primary amides is 1. The van der Waals surface area contributed by atoms with Crippen LogP contribution in [0.15, 0.2) is 54.6 Å². The number of carbonyl (C=O) groups is 1. The summed E-state index contributed by atoms with van der Waals surface area (Å²) in [5, 5.41) is 6.43. The van der Waals surface area contributed by atoms with Gasteiger partial charge in [-0.2, -0.15) is 13.2 Å². The molecule has 0 radical (unpaired) electrons. The maximum absolute atomic E-state index is 13.7. The number of rotatable bonds is 6. The number of methoxy groups -OCH3 is 2. The Bertz CT molecular complexity index is 1230. The molecular weight excluding hydrogens is 491 g/mol. The molecule has 178 valence electrons. The van der Waals surface area contributed by atoms with Gasteiger partial charge in [0.05, 0.1) is 36.1 Å². The summed E-state index contributed by atoms with van der Waals surface area (Å²) in [6.45, 7) is 0. The highest BCUT2D eigenvalue weighted by Crippen LogP contribution is 2.40. The van der Waals surface area contributed by atoms with E-state index >= 15 is 0 Å². The van der Waals surface area contributed by atoms with Crippen molar-refractivity contribution in [2.45, 2.75) is 6.18 Å². The maximum atomic E-state index is 13.7. The van der Waals surface area contributed by atoms with Crippen molar-refractivity contribution >= 4 is 46.2 Å². The Morgan fingerprint density at radius 3 is 2.21 bits per heavy atom. The van der Waals surface area contributed by atoms with Gasteiger partial charge in [-0.15, -0.1) is 0 Å². The van der Waals surface area contributed by atoms with Crippen LogP contribution in [0.25, 0.3) is 11.1 Å². The van der Waals surface area contributed by atoms with Crippen LogP contribution < -0.4 is 25.8 Å². The molecule has 0 saturated heterocycles. The Morgan fingerprint density at radius 1 is 1.00 bits per heavy atom. The Kier molecular flexibility index (Phi) is 7.53. The predicted molar refractivity (Wildman–Crippen MR) is 130 cm³/mol. The molecule has 34 heavy (non-hydrogen) atoms. The number of hydrogen-bond donors (Lipinski definition) is 3. The van der Waals surface area contributed by atoms with Crippen LogP contribution in [0.3, 0.4) is 0 Å². The molecule has 4 N–H and O–H groups in total. The number of halogens is 4. The van der Waals surface area contributed by atoms with Crippen molar-refractivity contribution in [2.24, 2.45) is 5.73 Å². The Balaban J connectivity index is 1.83. The van der Waals surface area contributed by atoms with Crippen molar-refractivity contribution in [1.82, 2.24) is 0 Å². The van der Waals surface area contributed by atoms with E-state index in [4.69, 9.17) is 39.0 Å². The number of alkyl halides is 3. The van der Waals surface area contributed by atoms with Crippen LogP contribution in [0.5, 0.6) is 11.5 Å². The molecule has 0 unspecified atom stereocenters. The average Bonchev–Trinajstić information content (AvgIpc) is 2.78. The van der Waals surface area contributed by atoms with Gasteiger partial charge in [0.2, 0.25) is 5.91 Å². The third-order valence-corrected chi connectivity index (χ3v) is 5.29. The lowest BCUT2D eigenvalue weighted by Crippen LogP contribution is -2.20. The molecule has 3 aromatic carbocycles. The van der Waals surface area contributed by atoms with E-state index in [0.717, 1.165) is 6.07 Å². The van der Waals surface area contributed by atoms with Crippen LogP contribution in [0.4, 0.5) is 24.5 Å². The number of benzene rings is 3. The highest BCUT2D eigenvalue weighted by Gasteiger charge is 2.37. The van der Waals surface area contributed by atoms with Crippen LogP contribution in [0.1, 0.15) is 15.9 Å².